The average Bonchev–Trinajstić information content (AvgIpc) is 3.23. The highest BCUT2D eigenvalue weighted by Crippen LogP contribution is 2.38. The number of benzene rings is 2. The van der Waals surface area contributed by atoms with Crippen molar-refractivity contribution in [3.05, 3.63) is 84.8 Å². The maximum Gasteiger partial charge on any atom is 0.338 e. The quantitative estimate of drug-likeness (QED) is 0.493. The van der Waals surface area contributed by atoms with E-state index in [0.717, 1.165) is 16.9 Å². The Morgan fingerprint density at radius 2 is 1.39 bits per heavy atom. The Bertz CT molecular complexity index is 1530. The Kier molecular flexibility index (Phi) is 6.98. The lowest BCUT2D eigenvalue weighted by atomic mass is 9.83. The van der Waals surface area contributed by atoms with Crippen molar-refractivity contribution in [1.29, 1.82) is 0 Å². The van der Waals surface area contributed by atoms with Crippen LogP contribution < -0.4 is 30.0 Å². The number of thiazole rings is 1. The van der Waals surface area contributed by atoms with E-state index in [2.05, 4.69) is 0 Å². The minimum atomic E-state index is -0.928. The number of carbonyl (C=O) groups excluding carboxylic acids is 2. The molecule has 4 rings (SSSR count). The summed E-state index contributed by atoms with van der Waals surface area (Å²) < 4.78 is 22.3. The van der Waals surface area contributed by atoms with Crippen LogP contribution >= 0.6 is 11.3 Å². The second-order valence-electron chi connectivity index (χ2n) is 7.73. The number of fused-ring (bicyclic) bond motifs is 1. The third-order valence-corrected chi connectivity index (χ3v) is 6.93. The van der Waals surface area contributed by atoms with Gasteiger partial charge in [0.1, 0.15) is 22.0 Å². The molecule has 2 aromatic carbocycles. The number of methoxy groups -OCH3 is 4. The van der Waals surface area contributed by atoms with Gasteiger partial charge in [0.15, 0.2) is 0 Å². The van der Waals surface area contributed by atoms with Gasteiger partial charge < -0.3 is 24.7 Å². The first kappa shape index (κ1) is 24.8. The number of hydrogen-bond acceptors (Lipinski definition) is 9. The molecular formula is C26H24N2O7S. The summed E-state index contributed by atoms with van der Waals surface area (Å²) in [4.78, 5) is 39.5. The number of aromatic nitrogens is 1. The van der Waals surface area contributed by atoms with Crippen LogP contribution in [0.2, 0.25) is 0 Å². The second kappa shape index (κ2) is 10.1. The molecule has 3 aromatic rings. The molecular weight excluding hydrogens is 484 g/mol. The monoisotopic (exact) mass is 508 g/mol. The number of nitrogens with zero attached hydrogens (tertiary/aromatic N) is 1. The van der Waals surface area contributed by atoms with Gasteiger partial charge in [0.25, 0.3) is 5.56 Å². The highest BCUT2D eigenvalue weighted by atomic mass is 32.1. The molecule has 36 heavy (non-hydrogen) atoms. The van der Waals surface area contributed by atoms with Gasteiger partial charge in [0.2, 0.25) is 0 Å². The Balaban J connectivity index is 2.06. The minimum Gasteiger partial charge on any atom is -0.497 e. The zero-order chi connectivity index (χ0) is 26.0. The molecule has 1 unspecified atom stereocenters. The van der Waals surface area contributed by atoms with Crippen molar-refractivity contribution in [3.63, 3.8) is 0 Å². The van der Waals surface area contributed by atoms with E-state index >= 15 is 0 Å². The fraction of sp³-hybridized carbons (Fsp3) is 0.192. The van der Waals surface area contributed by atoms with E-state index in [4.69, 9.17) is 24.7 Å². The Morgan fingerprint density at radius 3 is 1.92 bits per heavy atom. The van der Waals surface area contributed by atoms with Gasteiger partial charge in [-0.2, -0.15) is 0 Å². The highest BCUT2D eigenvalue weighted by molar-refractivity contribution is 7.07. The number of rotatable bonds is 6. The van der Waals surface area contributed by atoms with Crippen LogP contribution in [0.25, 0.3) is 17.5 Å². The lowest BCUT2D eigenvalue weighted by Crippen LogP contribution is -2.41. The SMILES string of the molecule is COC(=O)C1=C(N)n2c(sc(=Cc3ccc(OC)cc3)c2=O)=C(C(=O)OC)C1c1ccc(OC)cc1. The lowest BCUT2D eigenvalue weighted by molar-refractivity contribution is -0.136. The fourth-order valence-corrected chi connectivity index (χ4v) is 5.21. The summed E-state index contributed by atoms with van der Waals surface area (Å²) in [5, 5.41) is 0. The van der Waals surface area contributed by atoms with Crippen LogP contribution in [0.5, 0.6) is 11.5 Å². The van der Waals surface area contributed by atoms with E-state index in [0.29, 0.717) is 21.6 Å². The molecule has 0 bridgehead atoms. The smallest absolute Gasteiger partial charge is 0.338 e. The molecule has 186 valence electrons. The predicted octanol–water partition coefficient (Wildman–Crippen LogP) is 1.18. The zero-order valence-electron chi connectivity index (χ0n) is 20.1. The normalized spacial score (nSPS) is 15.4. The molecule has 0 saturated heterocycles. The standard InChI is InChI=1S/C26H24N2O7S/c1-32-16-9-5-14(6-10-16)13-18-23(29)28-22(27)20(25(30)34-3)19(15-7-11-17(33-2)12-8-15)21(24(28)36-18)26(31)35-4/h5-13,19H,27H2,1-4H3. The Labute approximate surface area is 210 Å². The summed E-state index contributed by atoms with van der Waals surface area (Å²) >= 11 is 1.08. The Morgan fingerprint density at radius 1 is 0.861 bits per heavy atom. The third kappa shape index (κ3) is 4.27. The van der Waals surface area contributed by atoms with Gasteiger partial charge >= 0.3 is 11.9 Å². The summed E-state index contributed by atoms with van der Waals surface area (Å²) in [6, 6.07) is 14.0. The summed E-state index contributed by atoms with van der Waals surface area (Å²) in [5.41, 5.74) is 7.35. The van der Waals surface area contributed by atoms with Crippen LogP contribution in [0.1, 0.15) is 17.0 Å². The summed E-state index contributed by atoms with van der Waals surface area (Å²) in [5.74, 6) is -1.23. The lowest BCUT2D eigenvalue weighted by Gasteiger charge is -2.26. The summed E-state index contributed by atoms with van der Waals surface area (Å²) in [6.45, 7) is 0. The number of carbonyl (C=O) groups is 2. The van der Waals surface area contributed by atoms with Crippen LogP contribution in [-0.2, 0) is 19.1 Å². The fourth-order valence-electron chi connectivity index (χ4n) is 4.05. The van der Waals surface area contributed by atoms with Crippen LogP contribution in [-0.4, -0.2) is 44.9 Å². The van der Waals surface area contributed by atoms with Crippen molar-refractivity contribution in [2.75, 3.05) is 28.4 Å². The van der Waals surface area contributed by atoms with Crippen molar-refractivity contribution in [2.45, 2.75) is 5.92 Å². The van der Waals surface area contributed by atoms with Crippen LogP contribution in [0.3, 0.4) is 0 Å². The average molecular weight is 509 g/mol. The Hall–Kier alpha value is -4.31. The number of ether oxygens (including phenoxy) is 4. The summed E-state index contributed by atoms with van der Waals surface area (Å²) in [6.07, 6.45) is 1.68. The van der Waals surface area contributed by atoms with E-state index in [9.17, 15) is 14.4 Å². The molecule has 0 aliphatic carbocycles. The first-order chi connectivity index (χ1) is 17.3. The second-order valence-corrected chi connectivity index (χ2v) is 8.76. The largest absolute Gasteiger partial charge is 0.497 e. The molecule has 0 saturated carbocycles. The van der Waals surface area contributed by atoms with E-state index in [1.807, 2.05) is 0 Å². The molecule has 1 aliphatic rings. The first-order valence-electron chi connectivity index (χ1n) is 10.8. The van der Waals surface area contributed by atoms with Gasteiger partial charge in [-0.05, 0) is 41.5 Å². The van der Waals surface area contributed by atoms with Crippen molar-refractivity contribution in [3.8, 4) is 11.5 Å². The molecule has 0 spiro atoms. The minimum absolute atomic E-state index is 0.0357. The highest BCUT2D eigenvalue weighted by Gasteiger charge is 2.39. The number of esters is 2. The molecule has 2 N–H and O–H groups in total. The van der Waals surface area contributed by atoms with E-state index in [-0.39, 0.29) is 21.6 Å². The molecule has 1 aliphatic heterocycles. The molecule has 10 heteroatoms. The van der Waals surface area contributed by atoms with Crippen molar-refractivity contribution < 1.29 is 28.5 Å². The zero-order valence-corrected chi connectivity index (χ0v) is 20.9. The molecule has 2 heterocycles. The molecule has 9 nitrogen and oxygen atoms in total. The van der Waals surface area contributed by atoms with Crippen molar-refractivity contribution in [1.82, 2.24) is 4.57 Å². The van der Waals surface area contributed by atoms with Gasteiger partial charge in [0.05, 0.1) is 50.0 Å². The molecule has 1 atom stereocenters. The van der Waals surface area contributed by atoms with E-state index in [1.54, 1.807) is 61.7 Å². The van der Waals surface area contributed by atoms with Crippen LogP contribution in [0.15, 0.2) is 58.9 Å². The molecule has 0 amide bonds. The third-order valence-electron chi connectivity index (χ3n) is 5.82. The van der Waals surface area contributed by atoms with Crippen LogP contribution in [0.4, 0.5) is 0 Å². The molecule has 1 aromatic heterocycles. The summed E-state index contributed by atoms with van der Waals surface area (Å²) in [7, 11) is 5.54. The first-order valence-corrected chi connectivity index (χ1v) is 11.6. The van der Waals surface area contributed by atoms with Gasteiger partial charge in [-0.3, -0.25) is 9.36 Å². The van der Waals surface area contributed by atoms with E-state index in [1.165, 1.54) is 25.9 Å². The van der Waals surface area contributed by atoms with Crippen LogP contribution in [0, 0.1) is 0 Å². The maximum absolute atomic E-state index is 13.5. The molecule has 0 radical (unpaired) electrons. The maximum atomic E-state index is 13.5. The van der Waals surface area contributed by atoms with Crippen molar-refractivity contribution in [2.24, 2.45) is 5.73 Å². The predicted molar refractivity (Wildman–Crippen MR) is 135 cm³/mol. The van der Waals surface area contributed by atoms with Gasteiger partial charge in [-0.25, -0.2) is 9.59 Å². The van der Waals surface area contributed by atoms with Gasteiger partial charge in [-0.1, -0.05) is 24.3 Å². The number of nitrogens with two attached hydrogens (primary N) is 1. The van der Waals surface area contributed by atoms with Crippen molar-refractivity contribution >= 4 is 40.7 Å². The topological polar surface area (TPSA) is 119 Å². The number of hydrogen-bond donors (Lipinski definition) is 1. The van der Waals surface area contributed by atoms with E-state index < -0.39 is 23.4 Å². The van der Waals surface area contributed by atoms with Gasteiger partial charge in [0, 0.05) is 0 Å². The molecule has 0 fully saturated rings. The van der Waals surface area contributed by atoms with Gasteiger partial charge in [-0.15, -0.1) is 11.3 Å².